The lowest BCUT2D eigenvalue weighted by molar-refractivity contribution is -0.117. The van der Waals surface area contributed by atoms with Gasteiger partial charge in [-0.25, -0.2) is 0 Å². The van der Waals surface area contributed by atoms with Crippen molar-refractivity contribution < 1.29 is 9.53 Å². The zero-order chi connectivity index (χ0) is 22.1. The number of nitrogens with zero attached hydrogens (tertiary/aromatic N) is 1. The Morgan fingerprint density at radius 2 is 1.83 bits per heavy atom. The van der Waals surface area contributed by atoms with Gasteiger partial charge in [-0.1, -0.05) is 48.9 Å². The van der Waals surface area contributed by atoms with Crippen molar-refractivity contribution in [3.8, 4) is 11.8 Å². The smallest absolute Gasteiger partial charge is 0.263 e. The summed E-state index contributed by atoms with van der Waals surface area (Å²) in [6, 6.07) is 15.8. The number of carbonyl (C=O) groups excluding carboxylic acids is 1. The van der Waals surface area contributed by atoms with E-state index in [2.05, 4.69) is 29.7 Å². The van der Waals surface area contributed by atoms with Crippen LogP contribution in [0.5, 0.6) is 5.75 Å². The Morgan fingerprint density at radius 1 is 1.13 bits per heavy atom. The van der Waals surface area contributed by atoms with E-state index in [1.807, 2.05) is 64.1 Å². The van der Waals surface area contributed by atoms with E-state index < -0.39 is 5.91 Å². The van der Waals surface area contributed by atoms with Crippen LogP contribution in [0, 0.1) is 18.3 Å². The summed E-state index contributed by atoms with van der Waals surface area (Å²) < 4.78 is 5.71. The third-order valence-electron chi connectivity index (χ3n) is 5.01. The lowest BCUT2D eigenvalue weighted by Gasteiger charge is -2.18. The Hall–Kier alpha value is -3.26. The second-order valence-electron chi connectivity index (χ2n) is 7.32. The highest BCUT2D eigenvalue weighted by Crippen LogP contribution is 2.26. The van der Waals surface area contributed by atoms with Crippen molar-refractivity contribution in [3.05, 3.63) is 76.5 Å². The standard InChI is InChI=1S/C25H31N3O2/c1-6-20-9-11-21(12-10-20)18(4)28-25(29)22(15-26)16-27-19(5)23-14-17(3)8-13-24(23)30-7-2/h8-14,16,18-19,27H,6-7H2,1-5H3,(H,28,29)/b22-16-. The second kappa shape index (κ2) is 11.1. The van der Waals surface area contributed by atoms with E-state index in [0.717, 1.165) is 28.9 Å². The number of aryl methyl sites for hydroxylation is 2. The third-order valence-corrected chi connectivity index (χ3v) is 5.01. The van der Waals surface area contributed by atoms with Gasteiger partial charge in [0.1, 0.15) is 17.4 Å². The number of nitriles is 1. The van der Waals surface area contributed by atoms with Gasteiger partial charge < -0.3 is 15.4 Å². The highest BCUT2D eigenvalue weighted by Gasteiger charge is 2.16. The van der Waals surface area contributed by atoms with E-state index in [9.17, 15) is 10.1 Å². The average Bonchev–Trinajstić information content (AvgIpc) is 2.75. The van der Waals surface area contributed by atoms with E-state index in [0.29, 0.717) is 6.61 Å². The predicted octanol–water partition coefficient (Wildman–Crippen LogP) is 4.89. The maximum atomic E-state index is 12.6. The molecule has 158 valence electrons. The van der Waals surface area contributed by atoms with E-state index in [1.54, 1.807) is 0 Å². The number of ether oxygens (including phenoxy) is 1. The first-order valence-corrected chi connectivity index (χ1v) is 10.4. The van der Waals surface area contributed by atoms with Crippen molar-refractivity contribution in [1.82, 2.24) is 10.6 Å². The molecule has 0 aromatic heterocycles. The Morgan fingerprint density at radius 3 is 2.43 bits per heavy atom. The molecule has 0 radical (unpaired) electrons. The molecular formula is C25H31N3O2. The Labute approximate surface area is 179 Å². The predicted molar refractivity (Wildman–Crippen MR) is 120 cm³/mol. The van der Waals surface area contributed by atoms with Gasteiger partial charge in [-0.05, 0) is 51.3 Å². The van der Waals surface area contributed by atoms with Gasteiger partial charge in [-0.2, -0.15) is 5.26 Å². The SMILES string of the molecule is CCOc1ccc(C)cc1C(C)N/C=C(/C#N)C(=O)NC(C)c1ccc(CC)cc1. The monoisotopic (exact) mass is 405 g/mol. The number of hydrogen-bond donors (Lipinski definition) is 2. The van der Waals surface area contributed by atoms with Gasteiger partial charge in [0.25, 0.3) is 5.91 Å². The minimum absolute atomic E-state index is 0.0319. The van der Waals surface area contributed by atoms with Gasteiger partial charge >= 0.3 is 0 Å². The first-order chi connectivity index (χ1) is 14.4. The van der Waals surface area contributed by atoms with Crippen LogP contribution in [0.1, 0.15) is 62.0 Å². The molecule has 2 aromatic rings. The van der Waals surface area contributed by atoms with Crippen LogP contribution in [0.15, 0.2) is 54.2 Å². The highest BCUT2D eigenvalue weighted by molar-refractivity contribution is 5.97. The molecule has 2 N–H and O–H groups in total. The third kappa shape index (κ3) is 6.12. The van der Waals surface area contributed by atoms with Crippen LogP contribution in [0.3, 0.4) is 0 Å². The van der Waals surface area contributed by atoms with Crippen LogP contribution in [-0.4, -0.2) is 12.5 Å². The zero-order valence-corrected chi connectivity index (χ0v) is 18.5. The van der Waals surface area contributed by atoms with Crippen molar-refractivity contribution in [1.29, 1.82) is 5.26 Å². The summed E-state index contributed by atoms with van der Waals surface area (Å²) in [6.45, 7) is 10.5. The van der Waals surface area contributed by atoms with Gasteiger partial charge in [0.2, 0.25) is 0 Å². The molecule has 0 saturated heterocycles. The van der Waals surface area contributed by atoms with Crippen LogP contribution in [-0.2, 0) is 11.2 Å². The maximum absolute atomic E-state index is 12.6. The van der Waals surface area contributed by atoms with Crippen molar-refractivity contribution in [2.45, 2.75) is 53.1 Å². The molecule has 30 heavy (non-hydrogen) atoms. The molecule has 5 nitrogen and oxygen atoms in total. The van der Waals surface area contributed by atoms with Crippen molar-refractivity contribution in [2.24, 2.45) is 0 Å². The minimum Gasteiger partial charge on any atom is -0.494 e. The van der Waals surface area contributed by atoms with Crippen molar-refractivity contribution >= 4 is 5.91 Å². The van der Waals surface area contributed by atoms with Crippen LogP contribution in [0.25, 0.3) is 0 Å². The summed E-state index contributed by atoms with van der Waals surface area (Å²) in [4.78, 5) is 12.6. The molecule has 0 fully saturated rings. The van der Waals surface area contributed by atoms with Crippen LogP contribution in [0.4, 0.5) is 0 Å². The molecule has 0 heterocycles. The van der Waals surface area contributed by atoms with Crippen LogP contribution in [0.2, 0.25) is 0 Å². The van der Waals surface area contributed by atoms with Gasteiger partial charge in [0, 0.05) is 11.8 Å². The quantitative estimate of drug-likeness (QED) is 0.460. The molecule has 0 aliphatic rings. The van der Waals surface area contributed by atoms with Crippen LogP contribution < -0.4 is 15.4 Å². The van der Waals surface area contributed by atoms with Gasteiger partial charge in [-0.15, -0.1) is 0 Å². The van der Waals surface area contributed by atoms with E-state index >= 15 is 0 Å². The Kier molecular flexibility index (Phi) is 8.49. The van der Waals surface area contributed by atoms with Gasteiger partial charge in [-0.3, -0.25) is 4.79 Å². The number of rotatable bonds is 9. The number of carbonyl (C=O) groups is 1. The number of hydrogen-bond acceptors (Lipinski definition) is 4. The summed E-state index contributed by atoms with van der Waals surface area (Å²) in [5.41, 5.74) is 4.38. The molecule has 2 aromatic carbocycles. The van der Waals surface area contributed by atoms with E-state index in [1.165, 1.54) is 11.8 Å². The number of nitrogens with one attached hydrogen (secondary N) is 2. The zero-order valence-electron chi connectivity index (χ0n) is 18.5. The molecule has 5 heteroatoms. The van der Waals surface area contributed by atoms with E-state index in [4.69, 9.17) is 4.74 Å². The lowest BCUT2D eigenvalue weighted by atomic mass is 10.0. The van der Waals surface area contributed by atoms with Gasteiger partial charge in [0.15, 0.2) is 0 Å². The topological polar surface area (TPSA) is 74.1 Å². The fraction of sp³-hybridized carbons (Fsp3) is 0.360. The number of benzene rings is 2. The first kappa shape index (κ1) is 23.0. The highest BCUT2D eigenvalue weighted by atomic mass is 16.5. The molecule has 0 bridgehead atoms. The van der Waals surface area contributed by atoms with Crippen LogP contribution >= 0.6 is 0 Å². The normalized spacial score (nSPS) is 13.1. The molecular weight excluding hydrogens is 374 g/mol. The first-order valence-electron chi connectivity index (χ1n) is 10.4. The molecule has 0 spiro atoms. The Balaban J connectivity index is 2.08. The summed E-state index contributed by atoms with van der Waals surface area (Å²) >= 11 is 0. The molecule has 1 amide bonds. The molecule has 2 unspecified atom stereocenters. The van der Waals surface area contributed by atoms with Crippen molar-refractivity contribution in [2.75, 3.05) is 6.61 Å². The lowest BCUT2D eigenvalue weighted by Crippen LogP contribution is -2.28. The summed E-state index contributed by atoms with van der Waals surface area (Å²) in [5.74, 6) is 0.391. The molecule has 2 atom stereocenters. The minimum atomic E-state index is -0.404. The molecule has 0 aliphatic heterocycles. The second-order valence-corrected chi connectivity index (χ2v) is 7.32. The maximum Gasteiger partial charge on any atom is 0.263 e. The van der Waals surface area contributed by atoms with E-state index in [-0.39, 0.29) is 17.7 Å². The molecule has 0 saturated carbocycles. The Bertz CT molecular complexity index is 926. The fourth-order valence-corrected chi connectivity index (χ4v) is 3.14. The molecule has 2 rings (SSSR count). The average molecular weight is 406 g/mol. The van der Waals surface area contributed by atoms with Crippen molar-refractivity contribution in [3.63, 3.8) is 0 Å². The number of amides is 1. The molecule has 0 aliphatic carbocycles. The largest absolute Gasteiger partial charge is 0.494 e. The van der Waals surface area contributed by atoms with Gasteiger partial charge in [0.05, 0.1) is 18.7 Å². The summed E-state index contributed by atoms with van der Waals surface area (Å²) in [7, 11) is 0. The fourth-order valence-electron chi connectivity index (χ4n) is 3.14. The summed E-state index contributed by atoms with van der Waals surface area (Å²) in [6.07, 6.45) is 2.45. The summed E-state index contributed by atoms with van der Waals surface area (Å²) in [5, 5.41) is 15.5.